The lowest BCUT2D eigenvalue weighted by Crippen LogP contribution is -2.46. The standard InChI is InChI=1S/C20H21F3N4O/c1-13-6-9-27-16(12-13)17(19(28)26-10-7-24-8-11-26)25-18(27)14-2-4-15(5-3-14)20(21,22)23/h2-6,9,13,24H,7-8,10-12H2,1H3. The number of benzene rings is 1. The summed E-state index contributed by atoms with van der Waals surface area (Å²) in [5, 5.41) is 3.22. The summed E-state index contributed by atoms with van der Waals surface area (Å²) < 4.78 is 40.4. The van der Waals surface area contributed by atoms with E-state index < -0.39 is 11.7 Å². The Morgan fingerprint density at radius 3 is 2.50 bits per heavy atom. The zero-order valence-electron chi connectivity index (χ0n) is 15.5. The van der Waals surface area contributed by atoms with Crippen molar-refractivity contribution < 1.29 is 18.0 Å². The average Bonchev–Trinajstić information content (AvgIpc) is 3.06. The summed E-state index contributed by atoms with van der Waals surface area (Å²) in [7, 11) is 0. The molecule has 0 spiro atoms. The van der Waals surface area contributed by atoms with Gasteiger partial charge in [-0.05, 0) is 24.5 Å². The Hall–Kier alpha value is -2.61. The number of halogens is 3. The summed E-state index contributed by atoms with van der Waals surface area (Å²) in [5.41, 5.74) is 1.05. The summed E-state index contributed by atoms with van der Waals surface area (Å²) in [6.45, 7) is 4.77. The van der Waals surface area contributed by atoms with E-state index in [-0.39, 0.29) is 11.8 Å². The molecule has 2 aromatic rings. The molecule has 1 atom stereocenters. The second-order valence-corrected chi connectivity index (χ2v) is 7.24. The van der Waals surface area contributed by atoms with Gasteiger partial charge < -0.3 is 14.8 Å². The summed E-state index contributed by atoms with van der Waals surface area (Å²) in [4.78, 5) is 19.4. The number of fused-ring (bicyclic) bond motifs is 1. The molecule has 4 rings (SSSR count). The molecule has 0 radical (unpaired) electrons. The highest BCUT2D eigenvalue weighted by Gasteiger charge is 2.31. The lowest BCUT2D eigenvalue weighted by atomic mass is 10.0. The maximum Gasteiger partial charge on any atom is 0.416 e. The van der Waals surface area contributed by atoms with Crippen molar-refractivity contribution in [3.05, 3.63) is 47.3 Å². The Labute approximate surface area is 160 Å². The summed E-state index contributed by atoms with van der Waals surface area (Å²) in [5.74, 6) is 0.635. The van der Waals surface area contributed by atoms with E-state index in [1.165, 1.54) is 12.1 Å². The van der Waals surface area contributed by atoms with Gasteiger partial charge in [-0.25, -0.2) is 4.98 Å². The fraction of sp³-hybridized carbons (Fsp3) is 0.400. The zero-order valence-corrected chi connectivity index (χ0v) is 15.5. The molecule has 2 aliphatic heterocycles. The topological polar surface area (TPSA) is 50.2 Å². The molecule has 5 nitrogen and oxygen atoms in total. The number of carbonyl (C=O) groups is 1. The van der Waals surface area contributed by atoms with E-state index in [2.05, 4.69) is 17.2 Å². The second-order valence-electron chi connectivity index (χ2n) is 7.24. The van der Waals surface area contributed by atoms with Crippen LogP contribution in [0.25, 0.3) is 17.6 Å². The zero-order chi connectivity index (χ0) is 19.9. The van der Waals surface area contributed by atoms with Crippen molar-refractivity contribution in [3.8, 4) is 11.4 Å². The fourth-order valence-corrected chi connectivity index (χ4v) is 3.63. The van der Waals surface area contributed by atoms with E-state index >= 15 is 0 Å². The fourth-order valence-electron chi connectivity index (χ4n) is 3.63. The van der Waals surface area contributed by atoms with Crippen molar-refractivity contribution in [1.29, 1.82) is 0 Å². The van der Waals surface area contributed by atoms with Crippen LogP contribution in [0.15, 0.2) is 30.3 Å². The van der Waals surface area contributed by atoms with Crippen molar-refractivity contribution in [1.82, 2.24) is 19.8 Å². The molecule has 1 saturated heterocycles. The van der Waals surface area contributed by atoms with Gasteiger partial charge in [-0.2, -0.15) is 13.2 Å². The van der Waals surface area contributed by atoms with Crippen LogP contribution in [0.4, 0.5) is 13.2 Å². The third-order valence-electron chi connectivity index (χ3n) is 5.17. The number of alkyl halides is 3. The molecular weight excluding hydrogens is 369 g/mol. The molecule has 8 heteroatoms. The second kappa shape index (κ2) is 7.09. The van der Waals surface area contributed by atoms with Gasteiger partial charge in [0.25, 0.3) is 5.91 Å². The van der Waals surface area contributed by atoms with Gasteiger partial charge in [-0.3, -0.25) is 4.79 Å². The molecule has 0 saturated carbocycles. The smallest absolute Gasteiger partial charge is 0.335 e. The van der Waals surface area contributed by atoms with Gasteiger partial charge in [0.1, 0.15) is 5.82 Å². The van der Waals surface area contributed by atoms with Crippen molar-refractivity contribution in [3.63, 3.8) is 0 Å². The minimum absolute atomic E-state index is 0.120. The van der Waals surface area contributed by atoms with E-state index in [4.69, 9.17) is 0 Å². The number of imidazole rings is 1. The number of allylic oxidation sites excluding steroid dienone is 1. The Morgan fingerprint density at radius 2 is 1.86 bits per heavy atom. The number of nitrogens with zero attached hydrogens (tertiary/aromatic N) is 3. The predicted molar refractivity (Wildman–Crippen MR) is 99.6 cm³/mol. The highest BCUT2D eigenvalue weighted by atomic mass is 19.4. The minimum atomic E-state index is -4.39. The van der Waals surface area contributed by atoms with Gasteiger partial charge in [0.05, 0.1) is 11.3 Å². The number of aromatic nitrogens is 2. The molecule has 1 amide bonds. The molecule has 0 bridgehead atoms. The SMILES string of the molecule is CC1C=Cn2c(-c3ccc(C(F)(F)F)cc3)nc(C(=O)N3CCNCC3)c2C1. The van der Waals surface area contributed by atoms with Crippen LogP contribution in [0, 0.1) is 5.92 Å². The van der Waals surface area contributed by atoms with Crippen LogP contribution in [-0.2, 0) is 12.6 Å². The number of piperazine rings is 1. The number of rotatable bonds is 2. The lowest BCUT2D eigenvalue weighted by molar-refractivity contribution is -0.137. The Kier molecular flexibility index (Phi) is 4.74. The number of hydrogen-bond donors (Lipinski definition) is 1. The van der Waals surface area contributed by atoms with Gasteiger partial charge in [0.15, 0.2) is 5.69 Å². The minimum Gasteiger partial charge on any atom is -0.335 e. The van der Waals surface area contributed by atoms with Crippen LogP contribution >= 0.6 is 0 Å². The van der Waals surface area contributed by atoms with E-state index in [0.29, 0.717) is 36.6 Å². The van der Waals surface area contributed by atoms with Crippen LogP contribution in [0.1, 0.15) is 28.7 Å². The largest absolute Gasteiger partial charge is 0.416 e. The summed E-state index contributed by atoms with van der Waals surface area (Å²) in [6.07, 6.45) is 0.153. The monoisotopic (exact) mass is 390 g/mol. The Morgan fingerprint density at radius 1 is 1.18 bits per heavy atom. The van der Waals surface area contributed by atoms with E-state index in [0.717, 1.165) is 30.9 Å². The van der Waals surface area contributed by atoms with E-state index in [1.807, 2.05) is 16.8 Å². The van der Waals surface area contributed by atoms with E-state index in [9.17, 15) is 18.0 Å². The molecule has 0 aliphatic carbocycles. The van der Waals surface area contributed by atoms with Crippen LogP contribution in [0.5, 0.6) is 0 Å². The number of nitrogens with one attached hydrogen (secondary N) is 1. The molecule has 28 heavy (non-hydrogen) atoms. The van der Waals surface area contributed by atoms with Crippen molar-refractivity contribution in [2.24, 2.45) is 5.92 Å². The molecule has 148 valence electrons. The van der Waals surface area contributed by atoms with Gasteiger partial charge in [0.2, 0.25) is 0 Å². The first-order valence-electron chi connectivity index (χ1n) is 9.31. The number of carbonyl (C=O) groups excluding carboxylic acids is 1. The lowest BCUT2D eigenvalue weighted by Gasteiger charge is -2.27. The average molecular weight is 390 g/mol. The van der Waals surface area contributed by atoms with Gasteiger partial charge in [-0.1, -0.05) is 25.1 Å². The van der Waals surface area contributed by atoms with Crippen LogP contribution < -0.4 is 5.32 Å². The van der Waals surface area contributed by atoms with Crippen molar-refractivity contribution in [2.45, 2.75) is 19.5 Å². The van der Waals surface area contributed by atoms with Gasteiger partial charge >= 0.3 is 6.18 Å². The third-order valence-corrected chi connectivity index (χ3v) is 5.17. The van der Waals surface area contributed by atoms with Gasteiger partial charge in [-0.15, -0.1) is 0 Å². The third kappa shape index (κ3) is 3.44. The Balaban J connectivity index is 1.75. The molecule has 1 N–H and O–H groups in total. The highest BCUT2D eigenvalue weighted by Crippen LogP contribution is 2.33. The quantitative estimate of drug-likeness (QED) is 0.856. The molecular formula is C20H21F3N4O. The van der Waals surface area contributed by atoms with Crippen LogP contribution in [0.3, 0.4) is 0 Å². The molecule has 3 heterocycles. The summed E-state index contributed by atoms with van der Waals surface area (Å²) in [6, 6.07) is 4.90. The van der Waals surface area contributed by atoms with E-state index in [1.54, 1.807) is 4.90 Å². The maximum atomic E-state index is 13.1. The molecule has 1 unspecified atom stereocenters. The first-order valence-corrected chi connectivity index (χ1v) is 9.31. The van der Waals surface area contributed by atoms with Crippen molar-refractivity contribution in [2.75, 3.05) is 26.2 Å². The normalized spacial score (nSPS) is 19.6. The highest BCUT2D eigenvalue weighted by molar-refractivity contribution is 5.95. The number of hydrogen-bond acceptors (Lipinski definition) is 3. The predicted octanol–water partition coefficient (Wildman–Crippen LogP) is 3.28. The van der Waals surface area contributed by atoms with Crippen molar-refractivity contribution >= 4 is 12.1 Å². The molecule has 1 aromatic carbocycles. The maximum absolute atomic E-state index is 13.1. The van der Waals surface area contributed by atoms with Crippen LogP contribution in [0.2, 0.25) is 0 Å². The molecule has 1 fully saturated rings. The number of amides is 1. The summed E-state index contributed by atoms with van der Waals surface area (Å²) >= 11 is 0. The first-order chi connectivity index (χ1) is 13.3. The molecule has 2 aliphatic rings. The first kappa shape index (κ1) is 18.7. The Bertz CT molecular complexity index is 909. The van der Waals surface area contributed by atoms with Gasteiger partial charge in [0, 0.05) is 37.9 Å². The molecule has 1 aromatic heterocycles. The van der Waals surface area contributed by atoms with Crippen LogP contribution in [-0.4, -0.2) is 46.5 Å².